The number of primary amides is 1. The number of amides is 2. The van der Waals surface area contributed by atoms with Gasteiger partial charge < -0.3 is 16.8 Å². The average molecular weight is 277 g/mol. The van der Waals surface area contributed by atoms with Crippen molar-refractivity contribution >= 4 is 17.5 Å². The first-order valence-corrected chi connectivity index (χ1v) is 6.63. The highest BCUT2D eigenvalue weighted by atomic mass is 16.2. The minimum atomic E-state index is -0.523. The molecule has 0 aromatic heterocycles. The minimum absolute atomic E-state index is 0.0889. The van der Waals surface area contributed by atoms with Gasteiger partial charge in [0.05, 0.1) is 0 Å². The van der Waals surface area contributed by atoms with Gasteiger partial charge in [-0.05, 0) is 30.0 Å². The quantitative estimate of drug-likeness (QED) is 0.766. The van der Waals surface area contributed by atoms with Crippen LogP contribution in [-0.2, 0) is 4.79 Å². The molecule has 5 heteroatoms. The van der Waals surface area contributed by atoms with Crippen LogP contribution in [0, 0.1) is 5.41 Å². The summed E-state index contributed by atoms with van der Waals surface area (Å²) in [4.78, 5) is 22.9. The summed E-state index contributed by atoms with van der Waals surface area (Å²) in [5.74, 6) is -0.686. The van der Waals surface area contributed by atoms with Gasteiger partial charge in [-0.25, -0.2) is 0 Å². The molecule has 0 radical (unpaired) electrons. The smallest absolute Gasteiger partial charge is 0.248 e. The van der Waals surface area contributed by atoms with E-state index < -0.39 is 5.91 Å². The van der Waals surface area contributed by atoms with Gasteiger partial charge in [-0.1, -0.05) is 26.8 Å². The molecule has 0 heterocycles. The van der Waals surface area contributed by atoms with E-state index in [0.29, 0.717) is 11.3 Å². The zero-order valence-corrected chi connectivity index (χ0v) is 12.3. The molecule has 0 aliphatic rings. The van der Waals surface area contributed by atoms with Crippen molar-refractivity contribution in [2.24, 2.45) is 16.9 Å². The van der Waals surface area contributed by atoms with Gasteiger partial charge in [0.15, 0.2) is 0 Å². The molecule has 5 N–H and O–H groups in total. The number of hydrogen-bond acceptors (Lipinski definition) is 3. The number of rotatable bonds is 5. The lowest BCUT2D eigenvalue weighted by atomic mass is 9.87. The minimum Gasteiger partial charge on any atom is -0.366 e. The Kier molecular flexibility index (Phi) is 5.27. The summed E-state index contributed by atoms with van der Waals surface area (Å²) < 4.78 is 0. The molecule has 1 aromatic carbocycles. The number of hydrogen-bond donors (Lipinski definition) is 3. The number of benzene rings is 1. The van der Waals surface area contributed by atoms with Crippen molar-refractivity contribution in [2.45, 2.75) is 39.7 Å². The van der Waals surface area contributed by atoms with E-state index >= 15 is 0 Å². The summed E-state index contributed by atoms with van der Waals surface area (Å²) in [7, 11) is 0. The predicted molar refractivity (Wildman–Crippen MR) is 80.3 cm³/mol. The van der Waals surface area contributed by atoms with Crippen LogP contribution in [-0.4, -0.2) is 17.9 Å². The van der Waals surface area contributed by atoms with Crippen LogP contribution in [0.5, 0.6) is 0 Å². The highest BCUT2D eigenvalue weighted by Gasteiger charge is 2.18. The van der Waals surface area contributed by atoms with Gasteiger partial charge in [-0.2, -0.15) is 0 Å². The molecule has 1 aromatic rings. The maximum Gasteiger partial charge on any atom is 0.248 e. The van der Waals surface area contributed by atoms with Gasteiger partial charge >= 0.3 is 0 Å². The van der Waals surface area contributed by atoms with Crippen LogP contribution in [0.1, 0.15) is 44.0 Å². The van der Waals surface area contributed by atoms with Crippen molar-refractivity contribution in [3.05, 3.63) is 29.8 Å². The first kappa shape index (κ1) is 16.2. The zero-order valence-electron chi connectivity index (χ0n) is 12.3. The molecular formula is C15H23N3O2. The summed E-state index contributed by atoms with van der Waals surface area (Å²) in [5, 5.41) is 2.73. The van der Waals surface area contributed by atoms with Crippen molar-refractivity contribution in [3.63, 3.8) is 0 Å². The summed E-state index contributed by atoms with van der Waals surface area (Å²) in [6.45, 7) is 6.25. The largest absolute Gasteiger partial charge is 0.366 e. The SMILES string of the molecule is CC(C)(C)CC(N)CC(=O)Nc1cccc(C(N)=O)c1. The molecule has 0 aliphatic carbocycles. The summed E-state index contributed by atoms with van der Waals surface area (Å²) >= 11 is 0. The van der Waals surface area contributed by atoms with Crippen LogP contribution in [0.4, 0.5) is 5.69 Å². The van der Waals surface area contributed by atoms with E-state index in [2.05, 4.69) is 26.1 Å². The fourth-order valence-corrected chi connectivity index (χ4v) is 2.06. The maximum absolute atomic E-state index is 11.9. The van der Waals surface area contributed by atoms with Crippen molar-refractivity contribution in [1.82, 2.24) is 0 Å². The summed E-state index contributed by atoms with van der Waals surface area (Å²) in [6.07, 6.45) is 1.01. The Bertz CT molecular complexity index is 492. The van der Waals surface area contributed by atoms with Gasteiger partial charge in [0.25, 0.3) is 0 Å². The fraction of sp³-hybridized carbons (Fsp3) is 0.467. The molecule has 1 rings (SSSR count). The van der Waals surface area contributed by atoms with Gasteiger partial charge in [0.1, 0.15) is 0 Å². The molecule has 1 unspecified atom stereocenters. The molecule has 0 aliphatic heterocycles. The highest BCUT2D eigenvalue weighted by Crippen LogP contribution is 2.21. The molecule has 0 saturated carbocycles. The molecule has 0 fully saturated rings. The van der Waals surface area contributed by atoms with Gasteiger partial charge in [-0.3, -0.25) is 9.59 Å². The first-order chi connectivity index (χ1) is 9.17. The van der Waals surface area contributed by atoms with E-state index in [1.165, 1.54) is 0 Å². The number of anilines is 1. The lowest BCUT2D eigenvalue weighted by molar-refractivity contribution is -0.116. The van der Waals surface area contributed by atoms with Crippen LogP contribution >= 0.6 is 0 Å². The Labute approximate surface area is 119 Å². The maximum atomic E-state index is 11.9. The highest BCUT2D eigenvalue weighted by molar-refractivity contribution is 5.96. The van der Waals surface area contributed by atoms with Crippen molar-refractivity contribution in [1.29, 1.82) is 0 Å². The number of nitrogens with one attached hydrogen (secondary N) is 1. The molecule has 2 amide bonds. The van der Waals surface area contributed by atoms with E-state index in [1.54, 1.807) is 24.3 Å². The van der Waals surface area contributed by atoms with Crippen LogP contribution in [0.3, 0.4) is 0 Å². The topological polar surface area (TPSA) is 98.2 Å². The lowest BCUT2D eigenvalue weighted by Crippen LogP contribution is -2.31. The van der Waals surface area contributed by atoms with E-state index in [9.17, 15) is 9.59 Å². The second-order valence-electron chi connectivity index (χ2n) is 6.22. The van der Waals surface area contributed by atoms with Gasteiger partial charge in [-0.15, -0.1) is 0 Å². The molecular weight excluding hydrogens is 254 g/mol. The second kappa shape index (κ2) is 6.52. The third-order valence-electron chi connectivity index (χ3n) is 2.75. The van der Waals surface area contributed by atoms with Gasteiger partial charge in [0, 0.05) is 23.7 Å². The molecule has 0 spiro atoms. The summed E-state index contributed by atoms with van der Waals surface area (Å²) in [5.41, 5.74) is 12.2. The van der Waals surface area contributed by atoms with Crippen molar-refractivity contribution in [3.8, 4) is 0 Å². The Morgan fingerprint density at radius 3 is 2.50 bits per heavy atom. The Balaban J connectivity index is 2.58. The first-order valence-electron chi connectivity index (χ1n) is 6.63. The molecule has 5 nitrogen and oxygen atoms in total. The van der Waals surface area contributed by atoms with E-state index in [4.69, 9.17) is 11.5 Å². The Morgan fingerprint density at radius 1 is 1.30 bits per heavy atom. The van der Waals surface area contributed by atoms with Crippen LogP contribution in [0.25, 0.3) is 0 Å². The molecule has 20 heavy (non-hydrogen) atoms. The van der Waals surface area contributed by atoms with Crippen LogP contribution in [0.15, 0.2) is 24.3 Å². The Hall–Kier alpha value is -1.88. The lowest BCUT2D eigenvalue weighted by Gasteiger charge is -2.22. The fourth-order valence-electron chi connectivity index (χ4n) is 2.06. The number of carbonyl (C=O) groups is 2. The third kappa shape index (κ3) is 5.84. The normalized spacial score (nSPS) is 12.8. The van der Waals surface area contributed by atoms with E-state index in [1.807, 2.05) is 0 Å². The number of carbonyl (C=O) groups excluding carboxylic acids is 2. The standard InChI is InChI=1S/C15H23N3O2/c1-15(2,3)9-11(16)8-13(19)18-12-6-4-5-10(7-12)14(17)20/h4-7,11H,8-9,16H2,1-3H3,(H2,17,20)(H,18,19). The number of nitrogens with two attached hydrogens (primary N) is 2. The van der Waals surface area contributed by atoms with E-state index in [0.717, 1.165) is 6.42 Å². The third-order valence-corrected chi connectivity index (χ3v) is 2.75. The average Bonchev–Trinajstić information content (AvgIpc) is 2.25. The van der Waals surface area contributed by atoms with Crippen molar-refractivity contribution in [2.75, 3.05) is 5.32 Å². The Morgan fingerprint density at radius 2 is 1.95 bits per heavy atom. The van der Waals surface area contributed by atoms with Crippen LogP contribution in [0.2, 0.25) is 0 Å². The molecule has 1 atom stereocenters. The second-order valence-corrected chi connectivity index (χ2v) is 6.22. The monoisotopic (exact) mass is 277 g/mol. The van der Waals surface area contributed by atoms with E-state index in [-0.39, 0.29) is 23.8 Å². The van der Waals surface area contributed by atoms with Crippen molar-refractivity contribution < 1.29 is 9.59 Å². The predicted octanol–water partition coefficient (Wildman–Crippen LogP) is 1.88. The molecule has 110 valence electrons. The zero-order chi connectivity index (χ0) is 15.3. The molecule has 0 bridgehead atoms. The summed E-state index contributed by atoms with van der Waals surface area (Å²) in [6, 6.07) is 6.35. The van der Waals surface area contributed by atoms with Crippen LogP contribution < -0.4 is 16.8 Å². The van der Waals surface area contributed by atoms with Gasteiger partial charge in [0.2, 0.25) is 11.8 Å². The molecule has 0 saturated heterocycles.